The zero-order valence-electron chi connectivity index (χ0n) is 8.92. The summed E-state index contributed by atoms with van der Waals surface area (Å²) in [4.78, 5) is 23.9. The van der Waals surface area contributed by atoms with Crippen molar-refractivity contribution >= 4 is 21.8 Å². The van der Waals surface area contributed by atoms with Crippen molar-refractivity contribution in [2.75, 3.05) is 6.26 Å². The third-order valence-electron chi connectivity index (χ3n) is 4.22. The molecule has 2 saturated carbocycles. The number of fused-ring (bicyclic) bond motifs is 5. The highest BCUT2D eigenvalue weighted by Gasteiger charge is 2.62. The molecule has 2 bridgehead atoms. The highest BCUT2D eigenvalue weighted by Crippen LogP contribution is 2.56. The maximum Gasteiger partial charge on any atom is 0.247 e. The molecule has 5 nitrogen and oxygen atoms in total. The smallest absolute Gasteiger partial charge is 0.247 e. The zero-order valence-corrected chi connectivity index (χ0v) is 9.74. The van der Waals surface area contributed by atoms with Crippen molar-refractivity contribution < 1.29 is 18.0 Å². The molecule has 6 heteroatoms. The van der Waals surface area contributed by atoms with Crippen LogP contribution in [0, 0.1) is 23.7 Å². The van der Waals surface area contributed by atoms with Crippen molar-refractivity contribution in [2.45, 2.75) is 19.3 Å². The maximum absolute atomic E-state index is 12.0. The van der Waals surface area contributed by atoms with E-state index in [9.17, 15) is 18.0 Å². The Morgan fingerprint density at radius 1 is 1.06 bits per heavy atom. The number of rotatable bonds is 1. The van der Waals surface area contributed by atoms with E-state index in [1.165, 1.54) is 0 Å². The molecule has 0 aromatic rings. The predicted octanol–water partition coefficient (Wildman–Crippen LogP) is -0.0229. The van der Waals surface area contributed by atoms with Crippen LogP contribution in [-0.2, 0) is 19.6 Å². The Hall–Kier alpha value is -0.910. The predicted molar refractivity (Wildman–Crippen MR) is 54.5 cm³/mol. The van der Waals surface area contributed by atoms with Gasteiger partial charge in [0.1, 0.15) is 0 Å². The summed E-state index contributed by atoms with van der Waals surface area (Å²) in [5.74, 6) is -1.19. The first-order valence-corrected chi connectivity index (χ1v) is 7.34. The summed E-state index contributed by atoms with van der Waals surface area (Å²) in [7, 11) is -3.73. The van der Waals surface area contributed by atoms with Crippen LogP contribution in [0.1, 0.15) is 19.3 Å². The van der Waals surface area contributed by atoms with Crippen molar-refractivity contribution in [3.8, 4) is 0 Å². The van der Waals surface area contributed by atoms with E-state index < -0.39 is 21.8 Å². The molecular formula is C10H13NO4S. The standard InChI is InChI=1S/C10H13NO4S/c1-16(14,15)11-9(12)7-5-2-3-6(4-5)8(7)10(11)13/h5-8H,2-4H2,1H3/t5?,6?,7-,8+. The Bertz CT molecular complexity index is 455. The average Bonchev–Trinajstić information content (AvgIpc) is 2.77. The van der Waals surface area contributed by atoms with Gasteiger partial charge in [0, 0.05) is 0 Å². The van der Waals surface area contributed by atoms with Crippen LogP contribution in [0.5, 0.6) is 0 Å². The summed E-state index contributed by atoms with van der Waals surface area (Å²) in [6.07, 6.45) is 3.76. The van der Waals surface area contributed by atoms with Crippen molar-refractivity contribution in [1.29, 1.82) is 0 Å². The molecule has 2 aliphatic carbocycles. The number of sulfonamides is 1. The lowest BCUT2D eigenvalue weighted by Gasteiger charge is -2.19. The van der Waals surface area contributed by atoms with Crippen molar-refractivity contribution in [2.24, 2.45) is 23.7 Å². The first-order chi connectivity index (χ1) is 7.41. The highest BCUT2D eigenvalue weighted by atomic mass is 32.2. The number of amides is 2. The van der Waals surface area contributed by atoms with Crippen LogP contribution in [0.15, 0.2) is 0 Å². The van der Waals surface area contributed by atoms with Crippen LogP contribution >= 0.6 is 0 Å². The quantitative estimate of drug-likeness (QED) is 0.607. The van der Waals surface area contributed by atoms with Crippen molar-refractivity contribution in [3.63, 3.8) is 0 Å². The van der Waals surface area contributed by atoms with E-state index >= 15 is 0 Å². The second-order valence-corrected chi connectivity index (χ2v) is 6.92. The lowest BCUT2D eigenvalue weighted by Crippen LogP contribution is -2.37. The minimum absolute atomic E-state index is 0.234. The molecule has 3 aliphatic rings. The molecule has 1 aliphatic heterocycles. The Morgan fingerprint density at radius 2 is 1.50 bits per heavy atom. The van der Waals surface area contributed by atoms with Crippen molar-refractivity contribution in [3.05, 3.63) is 0 Å². The number of hydrogen-bond donors (Lipinski definition) is 0. The molecule has 3 rings (SSSR count). The molecule has 0 N–H and O–H groups in total. The van der Waals surface area contributed by atoms with Crippen LogP contribution in [0.4, 0.5) is 0 Å². The number of imide groups is 1. The van der Waals surface area contributed by atoms with Crippen LogP contribution in [0.2, 0.25) is 0 Å². The first kappa shape index (κ1) is 10.3. The van der Waals surface area contributed by atoms with E-state index in [0.717, 1.165) is 25.5 Å². The molecule has 2 amide bonds. The lowest BCUT2D eigenvalue weighted by molar-refractivity contribution is -0.134. The summed E-state index contributed by atoms with van der Waals surface area (Å²) >= 11 is 0. The summed E-state index contributed by atoms with van der Waals surface area (Å²) in [6, 6.07) is 0. The summed E-state index contributed by atoms with van der Waals surface area (Å²) in [6.45, 7) is 0. The summed E-state index contributed by atoms with van der Waals surface area (Å²) < 4.78 is 23.3. The molecule has 4 atom stereocenters. The van der Waals surface area contributed by atoms with Crippen LogP contribution in [-0.4, -0.2) is 30.8 Å². The van der Waals surface area contributed by atoms with Gasteiger partial charge in [-0.3, -0.25) is 9.59 Å². The molecule has 0 radical (unpaired) electrons. The Balaban J connectivity index is 2.05. The second-order valence-electron chi connectivity index (χ2n) is 5.09. The lowest BCUT2D eigenvalue weighted by atomic mass is 9.81. The van der Waals surface area contributed by atoms with Gasteiger partial charge >= 0.3 is 0 Å². The van der Waals surface area contributed by atoms with E-state index in [1.807, 2.05) is 0 Å². The molecular weight excluding hydrogens is 230 g/mol. The number of carbonyl (C=O) groups excluding carboxylic acids is 2. The van der Waals surface area contributed by atoms with Gasteiger partial charge in [-0.1, -0.05) is 0 Å². The fourth-order valence-electron chi connectivity index (χ4n) is 3.71. The first-order valence-electron chi connectivity index (χ1n) is 5.49. The van der Waals surface area contributed by atoms with Gasteiger partial charge in [-0.25, -0.2) is 8.42 Å². The Labute approximate surface area is 93.8 Å². The van der Waals surface area contributed by atoms with Crippen LogP contribution in [0.3, 0.4) is 0 Å². The Morgan fingerprint density at radius 3 is 1.88 bits per heavy atom. The van der Waals surface area contributed by atoms with Gasteiger partial charge in [0.05, 0.1) is 18.1 Å². The second kappa shape index (κ2) is 2.85. The minimum Gasteiger partial charge on any atom is -0.273 e. The van der Waals surface area contributed by atoms with E-state index in [1.54, 1.807) is 0 Å². The Kier molecular flexibility index (Phi) is 1.83. The fourth-order valence-corrected chi connectivity index (χ4v) is 4.61. The van der Waals surface area contributed by atoms with E-state index in [2.05, 4.69) is 0 Å². The van der Waals surface area contributed by atoms with Gasteiger partial charge in [-0.15, -0.1) is 0 Å². The molecule has 1 heterocycles. The molecule has 0 aromatic carbocycles. The molecule has 2 unspecified atom stereocenters. The minimum atomic E-state index is -3.73. The molecule has 3 fully saturated rings. The average molecular weight is 243 g/mol. The monoisotopic (exact) mass is 243 g/mol. The van der Waals surface area contributed by atoms with E-state index in [4.69, 9.17) is 0 Å². The third-order valence-corrected chi connectivity index (χ3v) is 5.24. The van der Waals surface area contributed by atoms with Gasteiger partial charge < -0.3 is 0 Å². The van der Waals surface area contributed by atoms with Crippen LogP contribution < -0.4 is 0 Å². The van der Waals surface area contributed by atoms with E-state index in [0.29, 0.717) is 4.31 Å². The van der Waals surface area contributed by atoms with Gasteiger partial charge in [0.2, 0.25) is 21.8 Å². The third kappa shape index (κ3) is 1.08. The van der Waals surface area contributed by atoms with E-state index in [-0.39, 0.29) is 23.7 Å². The summed E-state index contributed by atoms with van der Waals surface area (Å²) in [5.41, 5.74) is 0. The number of carbonyl (C=O) groups is 2. The summed E-state index contributed by atoms with van der Waals surface area (Å²) in [5, 5.41) is 0. The number of nitrogens with zero attached hydrogens (tertiary/aromatic N) is 1. The van der Waals surface area contributed by atoms with Gasteiger partial charge in [0.15, 0.2) is 0 Å². The maximum atomic E-state index is 12.0. The zero-order chi connectivity index (χ0) is 11.7. The molecule has 16 heavy (non-hydrogen) atoms. The van der Waals surface area contributed by atoms with Gasteiger partial charge in [-0.2, -0.15) is 4.31 Å². The molecule has 0 spiro atoms. The molecule has 88 valence electrons. The van der Waals surface area contributed by atoms with Crippen LogP contribution in [0.25, 0.3) is 0 Å². The van der Waals surface area contributed by atoms with Gasteiger partial charge in [0.25, 0.3) is 0 Å². The van der Waals surface area contributed by atoms with Gasteiger partial charge in [-0.05, 0) is 31.1 Å². The van der Waals surface area contributed by atoms with Crippen molar-refractivity contribution in [1.82, 2.24) is 4.31 Å². The topological polar surface area (TPSA) is 71.5 Å². The normalized spacial score (nSPS) is 41.9. The number of hydrogen-bond acceptors (Lipinski definition) is 4. The highest BCUT2D eigenvalue weighted by molar-refractivity contribution is 7.89. The SMILES string of the molecule is CS(=O)(=O)N1C(=O)[C@@H]2C3CCC(C3)[C@@H]2C1=O. The largest absolute Gasteiger partial charge is 0.273 e. The fraction of sp³-hybridized carbons (Fsp3) is 0.800. The molecule has 0 aromatic heterocycles. The molecule has 1 saturated heterocycles.